The van der Waals surface area contributed by atoms with Gasteiger partial charge in [0.2, 0.25) is 0 Å². The van der Waals surface area contributed by atoms with Crippen LogP contribution in [0.15, 0.2) is 12.1 Å². The summed E-state index contributed by atoms with van der Waals surface area (Å²) in [6.07, 6.45) is 2.65. The Bertz CT molecular complexity index is 461. The lowest BCUT2D eigenvalue weighted by atomic mass is 10.0. The summed E-state index contributed by atoms with van der Waals surface area (Å²) in [5.41, 5.74) is 4.54. The van der Waals surface area contributed by atoms with E-state index in [0.717, 1.165) is 11.2 Å². The van der Waals surface area contributed by atoms with Crippen molar-refractivity contribution in [1.29, 1.82) is 0 Å². The number of nitrogens with zero attached hydrogens (tertiary/aromatic N) is 2. The Labute approximate surface area is 77.6 Å². The van der Waals surface area contributed by atoms with Crippen molar-refractivity contribution in [2.45, 2.75) is 20.8 Å². The largest absolute Gasteiger partial charge is 0.230 e. The molecule has 0 bridgehead atoms. The van der Waals surface area contributed by atoms with Gasteiger partial charge in [-0.05, 0) is 38.0 Å². The molecule has 2 heteroatoms. The molecule has 2 aromatic rings. The van der Waals surface area contributed by atoms with Crippen molar-refractivity contribution in [2.75, 3.05) is 0 Å². The lowest BCUT2D eigenvalue weighted by Gasteiger charge is -2.05. The summed E-state index contributed by atoms with van der Waals surface area (Å²) in [6, 6.07) is 4.10. The molecule has 0 aliphatic rings. The van der Waals surface area contributed by atoms with Gasteiger partial charge in [0, 0.05) is 11.1 Å². The van der Waals surface area contributed by atoms with Crippen molar-refractivity contribution in [1.82, 2.24) is 9.97 Å². The van der Waals surface area contributed by atoms with Crippen LogP contribution in [0.1, 0.15) is 16.8 Å². The van der Waals surface area contributed by atoms with Crippen LogP contribution in [0, 0.1) is 27.1 Å². The van der Waals surface area contributed by atoms with Gasteiger partial charge in [-0.25, -0.2) is 9.97 Å². The minimum absolute atomic E-state index is 0.982. The van der Waals surface area contributed by atoms with E-state index in [2.05, 4.69) is 36.2 Å². The molecule has 0 aliphatic carbocycles. The Balaban J connectivity index is 2.97. The first-order valence-corrected chi connectivity index (χ1v) is 4.31. The molecule has 0 saturated heterocycles. The lowest BCUT2D eigenvalue weighted by Crippen LogP contribution is -1.92. The Morgan fingerprint density at radius 3 is 2.62 bits per heavy atom. The van der Waals surface area contributed by atoms with Gasteiger partial charge in [0.25, 0.3) is 0 Å². The summed E-state index contributed by atoms with van der Waals surface area (Å²) >= 11 is 0. The molecule has 0 unspecified atom stereocenters. The van der Waals surface area contributed by atoms with E-state index < -0.39 is 0 Å². The van der Waals surface area contributed by atoms with Crippen molar-refractivity contribution in [2.24, 2.45) is 0 Å². The van der Waals surface area contributed by atoms with Crippen LogP contribution >= 0.6 is 0 Å². The second kappa shape index (κ2) is 2.80. The molecule has 0 N–H and O–H groups in total. The summed E-state index contributed by atoms with van der Waals surface area (Å²) in [5.74, 6) is 0. The number of benzene rings is 1. The van der Waals surface area contributed by atoms with Crippen LogP contribution in [0.25, 0.3) is 10.9 Å². The molecule has 1 heterocycles. The number of aromatic nitrogens is 2. The summed E-state index contributed by atoms with van der Waals surface area (Å²) in [6.45, 7) is 6.20. The summed E-state index contributed by atoms with van der Waals surface area (Å²) in [5, 5.41) is 1.17. The first-order valence-electron chi connectivity index (χ1n) is 4.31. The second-order valence-electron chi connectivity index (χ2n) is 3.31. The Kier molecular flexibility index (Phi) is 1.76. The van der Waals surface area contributed by atoms with E-state index in [1.54, 1.807) is 0 Å². The van der Waals surface area contributed by atoms with E-state index in [-0.39, 0.29) is 0 Å². The number of hydrogen-bond acceptors (Lipinski definition) is 2. The normalized spacial score (nSPS) is 10.7. The molecule has 0 amide bonds. The van der Waals surface area contributed by atoms with Gasteiger partial charge in [0.1, 0.15) is 0 Å². The van der Waals surface area contributed by atoms with Crippen molar-refractivity contribution in [3.63, 3.8) is 0 Å². The molecule has 1 aromatic carbocycles. The number of hydrogen-bond donors (Lipinski definition) is 0. The first-order chi connectivity index (χ1) is 6.20. The molecule has 0 atom stereocenters. The predicted octanol–water partition coefficient (Wildman–Crippen LogP) is 2.36. The monoisotopic (exact) mass is 171 g/mol. The minimum Gasteiger partial charge on any atom is -0.230 e. The third-order valence-electron chi connectivity index (χ3n) is 2.46. The van der Waals surface area contributed by atoms with E-state index >= 15 is 0 Å². The van der Waals surface area contributed by atoms with Gasteiger partial charge in [0.05, 0.1) is 5.52 Å². The highest BCUT2D eigenvalue weighted by molar-refractivity contribution is 5.84. The van der Waals surface area contributed by atoms with Gasteiger partial charge < -0.3 is 0 Å². The Hall–Kier alpha value is -1.44. The van der Waals surface area contributed by atoms with Crippen molar-refractivity contribution >= 4 is 10.9 Å². The van der Waals surface area contributed by atoms with Crippen molar-refractivity contribution in [3.8, 4) is 0 Å². The van der Waals surface area contributed by atoms with Crippen LogP contribution in [-0.4, -0.2) is 9.97 Å². The molecule has 0 fully saturated rings. The molecule has 1 aromatic heterocycles. The highest BCUT2D eigenvalue weighted by atomic mass is 14.8. The molecular weight excluding hydrogens is 160 g/mol. The van der Waals surface area contributed by atoms with E-state index in [1.165, 1.54) is 16.5 Å². The average molecular weight is 171 g/mol. The summed E-state index contributed by atoms with van der Waals surface area (Å²) in [4.78, 5) is 8.18. The topological polar surface area (TPSA) is 25.8 Å². The lowest BCUT2D eigenvalue weighted by molar-refractivity contribution is 1.13. The fourth-order valence-corrected chi connectivity index (χ4v) is 1.56. The van der Waals surface area contributed by atoms with E-state index in [1.807, 2.05) is 13.0 Å². The van der Waals surface area contributed by atoms with Crippen LogP contribution in [0.5, 0.6) is 0 Å². The zero-order valence-corrected chi connectivity index (χ0v) is 8.05. The molecule has 2 nitrogen and oxygen atoms in total. The minimum atomic E-state index is 0.982. The summed E-state index contributed by atoms with van der Waals surface area (Å²) in [7, 11) is 0. The zero-order chi connectivity index (χ0) is 9.42. The van der Waals surface area contributed by atoms with Crippen LogP contribution in [0.2, 0.25) is 0 Å². The number of aryl methyl sites for hydroxylation is 3. The SMILES string of the molecule is Cc1ccc2n[c]nc(C)c2c1C. The fraction of sp³-hybridized carbons (Fsp3) is 0.273. The first kappa shape index (κ1) is 8.17. The average Bonchev–Trinajstić information content (AvgIpc) is 2.12. The maximum absolute atomic E-state index is 4.11. The quantitative estimate of drug-likeness (QED) is 0.608. The smallest absolute Gasteiger partial charge is 0.198 e. The number of rotatable bonds is 0. The van der Waals surface area contributed by atoms with Gasteiger partial charge >= 0.3 is 0 Å². The van der Waals surface area contributed by atoms with E-state index in [9.17, 15) is 0 Å². The molecule has 0 spiro atoms. The van der Waals surface area contributed by atoms with Crippen molar-refractivity contribution < 1.29 is 0 Å². The van der Waals surface area contributed by atoms with Crippen LogP contribution in [0.4, 0.5) is 0 Å². The third-order valence-corrected chi connectivity index (χ3v) is 2.46. The fourth-order valence-electron chi connectivity index (χ4n) is 1.56. The zero-order valence-electron chi connectivity index (χ0n) is 8.05. The van der Waals surface area contributed by atoms with E-state index in [4.69, 9.17) is 0 Å². The summed E-state index contributed by atoms with van der Waals surface area (Å²) < 4.78 is 0. The molecule has 1 radical (unpaired) electrons. The maximum atomic E-state index is 4.11. The van der Waals surface area contributed by atoms with Gasteiger partial charge in [0.15, 0.2) is 6.33 Å². The van der Waals surface area contributed by atoms with Gasteiger partial charge in [-0.2, -0.15) is 0 Å². The van der Waals surface area contributed by atoms with Gasteiger partial charge in [-0.1, -0.05) is 6.07 Å². The molecule has 0 saturated carbocycles. The Morgan fingerprint density at radius 1 is 1.08 bits per heavy atom. The van der Waals surface area contributed by atoms with Crippen LogP contribution < -0.4 is 0 Å². The Morgan fingerprint density at radius 2 is 1.85 bits per heavy atom. The third kappa shape index (κ3) is 1.18. The molecule has 13 heavy (non-hydrogen) atoms. The molecule has 65 valence electrons. The van der Waals surface area contributed by atoms with Crippen LogP contribution in [-0.2, 0) is 0 Å². The highest BCUT2D eigenvalue weighted by Gasteiger charge is 2.04. The number of fused-ring (bicyclic) bond motifs is 1. The molecular formula is C11H11N2. The highest BCUT2D eigenvalue weighted by Crippen LogP contribution is 2.21. The predicted molar refractivity (Wildman–Crippen MR) is 52.6 cm³/mol. The maximum Gasteiger partial charge on any atom is 0.198 e. The van der Waals surface area contributed by atoms with Crippen LogP contribution in [0.3, 0.4) is 0 Å². The standard InChI is InChI=1S/C11H11N2/c1-7-4-5-10-11(8(7)2)9(3)12-6-13-10/h4-5H,1-3H3. The van der Waals surface area contributed by atoms with Gasteiger partial charge in [-0.15, -0.1) is 0 Å². The molecule has 0 aliphatic heterocycles. The van der Waals surface area contributed by atoms with Gasteiger partial charge in [-0.3, -0.25) is 0 Å². The second-order valence-corrected chi connectivity index (χ2v) is 3.31. The van der Waals surface area contributed by atoms with E-state index in [0.29, 0.717) is 0 Å². The molecule has 2 rings (SSSR count). The van der Waals surface area contributed by atoms with Crippen molar-refractivity contribution in [3.05, 3.63) is 35.3 Å².